The lowest BCUT2D eigenvalue weighted by atomic mass is 10.1. The van der Waals surface area contributed by atoms with Crippen molar-refractivity contribution in [2.45, 2.75) is 25.8 Å². The van der Waals surface area contributed by atoms with Gasteiger partial charge in [0.25, 0.3) is 0 Å². The van der Waals surface area contributed by atoms with Crippen molar-refractivity contribution < 1.29 is 0 Å². The van der Waals surface area contributed by atoms with Crippen molar-refractivity contribution in [3.8, 4) is 12.3 Å². The number of nitrogens with one attached hydrogen (secondary N) is 1. The summed E-state index contributed by atoms with van der Waals surface area (Å²) in [6.45, 7) is 6.74. The number of nitrogens with zero attached hydrogens (tertiary/aromatic N) is 1. The number of hydrogen-bond donors (Lipinski definition) is 1. The summed E-state index contributed by atoms with van der Waals surface area (Å²) >= 11 is 0. The van der Waals surface area contributed by atoms with E-state index in [9.17, 15) is 0 Å². The van der Waals surface area contributed by atoms with Crippen LogP contribution in [0.4, 0.5) is 0 Å². The van der Waals surface area contributed by atoms with Gasteiger partial charge in [-0.25, -0.2) is 0 Å². The fourth-order valence-corrected chi connectivity index (χ4v) is 1.71. The quantitative estimate of drug-likeness (QED) is 0.621. The molecule has 1 fully saturated rings. The third-order valence-corrected chi connectivity index (χ3v) is 2.49. The first-order valence-corrected chi connectivity index (χ1v) is 4.76. The molecule has 0 aromatic heterocycles. The molecule has 0 aromatic rings. The minimum atomic E-state index is 0.608. The van der Waals surface area contributed by atoms with E-state index in [1.807, 2.05) is 0 Å². The third kappa shape index (κ3) is 2.51. The van der Waals surface area contributed by atoms with Crippen LogP contribution in [0, 0.1) is 12.3 Å². The first-order chi connectivity index (χ1) is 5.88. The summed E-state index contributed by atoms with van der Waals surface area (Å²) < 4.78 is 0. The number of piperazine rings is 1. The molecule has 1 rings (SSSR count). The van der Waals surface area contributed by atoms with Gasteiger partial charge in [0, 0.05) is 38.6 Å². The molecule has 0 saturated carbocycles. The Morgan fingerprint density at radius 1 is 1.50 bits per heavy atom. The number of rotatable bonds is 3. The lowest BCUT2D eigenvalue weighted by molar-refractivity contribution is 0.171. The lowest BCUT2D eigenvalue weighted by Crippen LogP contribution is -2.48. The van der Waals surface area contributed by atoms with E-state index in [1.165, 1.54) is 6.42 Å². The highest BCUT2D eigenvalue weighted by molar-refractivity contribution is 4.91. The Labute approximate surface area is 75.3 Å². The van der Waals surface area contributed by atoms with E-state index >= 15 is 0 Å². The second kappa shape index (κ2) is 5.18. The molecule has 1 N–H and O–H groups in total. The van der Waals surface area contributed by atoms with Crippen LogP contribution in [0.5, 0.6) is 0 Å². The average Bonchev–Trinajstić information content (AvgIpc) is 2.15. The van der Waals surface area contributed by atoms with Crippen LogP contribution in [-0.4, -0.2) is 37.1 Å². The highest BCUT2D eigenvalue weighted by Crippen LogP contribution is 2.08. The molecule has 2 nitrogen and oxygen atoms in total. The van der Waals surface area contributed by atoms with E-state index in [2.05, 4.69) is 23.1 Å². The second-order valence-corrected chi connectivity index (χ2v) is 3.26. The third-order valence-electron chi connectivity index (χ3n) is 2.49. The summed E-state index contributed by atoms with van der Waals surface area (Å²) in [7, 11) is 0. The average molecular weight is 166 g/mol. The summed E-state index contributed by atoms with van der Waals surface area (Å²) in [6.07, 6.45) is 7.39. The Kier molecular flexibility index (Phi) is 4.13. The van der Waals surface area contributed by atoms with Crippen LogP contribution < -0.4 is 5.32 Å². The van der Waals surface area contributed by atoms with Gasteiger partial charge in [-0.05, 0) is 6.42 Å². The first kappa shape index (κ1) is 9.57. The van der Waals surface area contributed by atoms with Gasteiger partial charge in [-0.1, -0.05) is 6.92 Å². The Morgan fingerprint density at radius 2 is 2.17 bits per heavy atom. The van der Waals surface area contributed by atoms with E-state index in [0.29, 0.717) is 6.04 Å². The summed E-state index contributed by atoms with van der Waals surface area (Å²) in [5, 5.41) is 3.34. The zero-order valence-electron chi connectivity index (χ0n) is 7.84. The molecule has 0 aromatic carbocycles. The molecule has 0 radical (unpaired) electrons. The molecule has 68 valence electrons. The topological polar surface area (TPSA) is 15.3 Å². The molecule has 1 atom stereocenters. The van der Waals surface area contributed by atoms with Crippen molar-refractivity contribution in [3.05, 3.63) is 0 Å². The maximum absolute atomic E-state index is 5.32. The van der Waals surface area contributed by atoms with Gasteiger partial charge in [0.1, 0.15) is 0 Å². The highest BCUT2D eigenvalue weighted by Gasteiger charge is 2.17. The Balaban J connectivity index is 2.36. The molecule has 0 spiro atoms. The lowest BCUT2D eigenvalue weighted by Gasteiger charge is -2.33. The van der Waals surface area contributed by atoms with Crippen molar-refractivity contribution in [3.63, 3.8) is 0 Å². The van der Waals surface area contributed by atoms with E-state index in [1.54, 1.807) is 0 Å². The minimum absolute atomic E-state index is 0.608. The molecule has 0 bridgehead atoms. The summed E-state index contributed by atoms with van der Waals surface area (Å²) in [6, 6.07) is 0.608. The van der Waals surface area contributed by atoms with Gasteiger partial charge in [-0.15, -0.1) is 12.3 Å². The number of terminal acetylenes is 1. The van der Waals surface area contributed by atoms with Crippen LogP contribution in [0.2, 0.25) is 0 Å². The first-order valence-electron chi connectivity index (χ1n) is 4.76. The Hall–Kier alpha value is -0.520. The van der Waals surface area contributed by atoms with Crippen LogP contribution in [0.25, 0.3) is 0 Å². The summed E-state index contributed by atoms with van der Waals surface area (Å²) in [4.78, 5) is 2.50. The molecule has 1 unspecified atom stereocenters. The van der Waals surface area contributed by atoms with Gasteiger partial charge in [-0.2, -0.15) is 0 Å². The summed E-state index contributed by atoms with van der Waals surface area (Å²) in [5.74, 6) is 2.75. The molecular weight excluding hydrogens is 148 g/mol. The van der Waals surface area contributed by atoms with E-state index in [4.69, 9.17) is 6.42 Å². The molecule has 0 amide bonds. The second-order valence-electron chi connectivity index (χ2n) is 3.26. The zero-order chi connectivity index (χ0) is 8.81. The minimum Gasteiger partial charge on any atom is -0.314 e. The SMILES string of the molecule is C#CCC(CC)N1CCNCC1. The van der Waals surface area contributed by atoms with Gasteiger partial charge in [0.05, 0.1) is 0 Å². The van der Waals surface area contributed by atoms with Crippen LogP contribution in [0.15, 0.2) is 0 Å². The molecule has 2 heteroatoms. The highest BCUT2D eigenvalue weighted by atomic mass is 15.2. The molecule has 1 aliphatic rings. The monoisotopic (exact) mass is 166 g/mol. The van der Waals surface area contributed by atoms with Crippen molar-refractivity contribution in [1.29, 1.82) is 0 Å². The maximum atomic E-state index is 5.32. The molecule has 1 heterocycles. The largest absolute Gasteiger partial charge is 0.314 e. The van der Waals surface area contributed by atoms with E-state index < -0.39 is 0 Å². The van der Waals surface area contributed by atoms with E-state index in [0.717, 1.165) is 32.6 Å². The molecule has 1 aliphatic heterocycles. The van der Waals surface area contributed by atoms with Crippen LogP contribution >= 0.6 is 0 Å². The fraction of sp³-hybridized carbons (Fsp3) is 0.800. The van der Waals surface area contributed by atoms with Crippen LogP contribution in [0.3, 0.4) is 0 Å². The van der Waals surface area contributed by atoms with E-state index in [-0.39, 0.29) is 0 Å². The normalized spacial score (nSPS) is 21.7. The van der Waals surface area contributed by atoms with Gasteiger partial charge in [-0.3, -0.25) is 4.90 Å². The van der Waals surface area contributed by atoms with Crippen LogP contribution in [-0.2, 0) is 0 Å². The predicted octanol–water partition coefficient (Wildman–Crippen LogP) is 0.694. The van der Waals surface area contributed by atoms with Crippen molar-refractivity contribution in [2.75, 3.05) is 26.2 Å². The zero-order valence-corrected chi connectivity index (χ0v) is 7.84. The standard InChI is InChI=1S/C10H18N2/c1-3-5-10(4-2)12-8-6-11-7-9-12/h1,10-11H,4-9H2,2H3. The molecular formula is C10H18N2. The Morgan fingerprint density at radius 3 is 2.67 bits per heavy atom. The maximum Gasteiger partial charge on any atom is 0.0242 e. The Bertz CT molecular complexity index is 154. The molecule has 0 aliphatic carbocycles. The van der Waals surface area contributed by atoms with Crippen molar-refractivity contribution in [1.82, 2.24) is 10.2 Å². The fourth-order valence-electron chi connectivity index (χ4n) is 1.71. The van der Waals surface area contributed by atoms with Crippen LogP contribution in [0.1, 0.15) is 19.8 Å². The van der Waals surface area contributed by atoms with Gasteiger partial charge in [0.15, 0.2) is 0 Å². The molecule has 12 heavy (non-hydrogen) atoms. The summed E-state index contributed by atoms with van der Waals surface area (Å²) in [5.41, 5.74) is 0. The predicted molar refractivity (Wildman–Crippen MR) is 52.0 cm³/mol. The smallest absolute Gasteiger partial charge is 0.0242 e. The van der Waals surface area contributed by atoms with Gasteiger partial charge < -0.3 is 5.32 Å². The van der Waals surface area contributed by atoms with Gasteiger partial charge in [0.2, 0.25) is 0 Å². The van der Waals surface area contributed by atoms with Gasteiger partial charge >= 0.3 is 0 Å². The molecule has 1 saturated heterocycles. The van der Waals surface area contributed by atoms with Crippen molar-refractivity contribution >= 4 is 0 Å². The number of hydrogen-bond acceptors (Lipinski definition) is 2. The van der Waals surface area contributed by atoms with Crippen molar-refractivity contribution in [2.24, 2.45) is 0 Å².